The summed E-state index contributed by atoms with van der Waals surface area (Å²) >= 11 is 0. The largest absolute Gasteiger partial charge is 0.478 e. The summed E-state index contributed by atoms with van der Waals surface area (Å²) < 4.78 is 5.34. The van der Waals surface area contributed by atoms with Crippen LogP contribution in [0.5, 0.6) is 5.75 Å². The zero-order chi connectivity index (χ0) is 20.0. The lowest BCUT2D eigenvalue weighted by molar-refractivity contribution is -0.136. The summed E-state index contributed by atoms with van der Waals surface area (Å²) in [6.07, 6.45) is 4.00. The third kappa shape index (κ3) is 5.53. The molecular formula is C19H20N2O6. The number of carboxylic acids is 1. The van der Waals surface area contributed by atoms with Gasteiger partial charge in [0.05, 0.1) is 0 Å². The average molecular weight is 372 g/mol. The van der Waals surface area contributed by atoms with E-state index in [1.54, 1.807) is 18.2 Å². The molecule has 1 heterocycles. The van der Waals surface area contributed by atoms with E-state index in [-0.39, 0.29) is 19.0 Å². The van der Waals surface area contributed by atoms with Crippen LogP contribution in [0, 0.1) is 0 Å². The Hall–Kier alpha value is -3.42. The van der Waals surface area contributed by atoms with Gasteiger partial charge < -0.3 is 15.2 Å². The molecule has 8 nitrogen and oxygen atoms in total. The van der Waals surface area contributed by atoms with Gasteiger partial charge in [-0.25, -0.2) is 9.59 Å². The molecule has 1 aromatic carbocycles. The number of carboxylic acid groups (broad SMARTS) is 1. The molecule has 2 N–H and O–H groups in total. The molecule has 0 atom stereocenters. The Labute approximate surface area is 156 Å². The molecule has 0 radical (unpaired) electrons. The maximum Gasteiger partial charge on any atom is 0.412 e. The van der Waals surface area contributed by atoms with Gasteiger partial charge in [0.25, 0.3) is 11.8 Å². The number of carbonyl (C=O) groups excluding carboxylic acids is 3. The SMILES string of the molecule is CC(C)c1ccc(/C=C/C(=O)O)cc1OC(=O)NCCN1C(=O)C=CC1=O. The van der Waals surface area contributed by atoms with E-state index in [0.717, 1.165) is 16.5 Å². The Morgan fingerprint density at radius 1 is 1.22 bits per heavy atom. The van der Waals surface area contributed by atoms with Gasteiger partial charge in [-0.05, 0) is 29.2 Å². The predicted octanol–water partition coefficient (Wildman–Crippen LogP) is 1.92. The number of hydrogen-bond donors (Lipinski definition) is 2. The third-order valence-electron chi connectivity index (χ3n) is 3.79. The van der Waals surface area contributed by atoms with Crippen molar-refractivity contribution in [2.45, 2.75) is 19.8 Å². The fourth-order valence-corrected chi connectivity index (χ4v) is 2.44. The molecule has 0 bridgehead atoms. The van der Waals surface area contributed by atoms with Crippen LogP contribution in [-0.2, 0) is 14.4 Å². The summed E-state index contributed by atoms with van der Waals surface area (Å²) in [5.41, 5.74) is 1.36. The third-order valence-corrected chi connectivity index (χ3v) is 3.79. The van der Waals surface area contributed by atoms with Crippen LogP contribution in [0.1, 0.15) is 30.9 Å². The van der Waals surface area contributed by atoms with Crippen molar-refractivity contribution < 1.29 is 29.0 Å². The molecule has 0 spiro atoms. The van der Waals surface area contributed by atoms with Gasteiger partial charge >= 0.3 is 12.1 Å². The first-order valence-electron chi connectivity index (χ1n) is 8.32. The number of imide groups is 1. The highest BCUT2D eigenvalue weighted by molar-refractivity contribution is 6.12. The Bertz CT molecular complexity index is 807. The number of aliphatic carboxylic acids is 1. The zero-order valence-electron chi connectivity index (χ0n) is 15.0. The van der Waals surface area contributed by atoms with Crippen molar-refractivity contribution in [3.63, 3.8) is 0 Å². The first kappa shape index (κ1) is 19.9. The van der Waals surface area contributed by atoms with Gasteiger partial charge in [0, 0.05) is 31.3 Å². The minimum absolute atomic E-state index is 0.0399. The minimum Gasteiger partial charge on any atom is -0.478 e. The Morgan fingerprint density at radius 3 is 2.48 bits per heavy atom. The lowest BCUT2D eigenvalue weighted by Gasteiger charge is -2.16. The maximum atomic E-state index is 12.1. The van der Waals surface area contributed by atoms with E-state index in [1.807, 2.05) is 13.8 Å². The fraction of sp³-hybridized carbons (Fsp3) is 0.263. The Balaban J connectivity index is 2.00. The molecule has 0 unspecified atom stereocenters. The fourth-order valence-electron chi connectivity index (χ4n) is 2.44. The van der Waals surface area contributed by atoms with Crippen molar-refractivity contribution in [2.75, 3.05) is 13.1 Å². The van der Waals surface area contributed by atoms with Gasteiger partial charge in [0.2, 0.25) is 0 Å². The number of benzene rings is 1. The van der Waals surface area contributed by atoms with Gasteiger partial charge in [0.1, 0.15) is 5.75 Å². The van der Waals surface area contributed by atoms with E-state index in [9.17, 15) is 19.2 Å². The summed E-state index contributed by atoms with van der Waals surface area (Å²) in [4.78, 5) is 46.6. The summed E-state index contributed by atoms with van der Waals surface area (Å²) in [5.74, 6) is -1.53. The molecule has 2 rings (SSSR count). The van der Waals surface area contributed by atoms with Gasteiger partial charge in [-0.2, -0.15) is 0 Å². The second-order valence-electron chi connectivity index (χ2n) is 6.10. The molecule has 0 aliphatic carbocycles. The summed E-state index contributed by atoms with van der Waals surface area (Å²) in [5, 5.41) is 11.2. The second kappa shape index (κ2) is 8.79. The average Bonchev–Trinajstić information content (AvgIpc) is 2.91. The van der Waals surface area contributed by atoms with Crippen molar-refractivity contribution in [2.24, 2.45) is 0 Å². The number of amides is 3. The van der Waals surface area contributed by atoms with E-state index in [0.29, 0.717) is 11.3 Å². The number of ether oxygens (including phenoxy) is 1. The van der Waals surface area contributed by atoms with Gasteiger partial charge in [-0.15, -0.1) is 0 Å². The van der Waals surface area contributed by atoms with Crippen LogP contribution in [-0.4, -0.2) is 47.0 Å². The minimum atomic E-state index is -1.08. The number of rotatable bonds is 7. The maximum absolute atomic E-state index is 12.1. The number of nitrogens with one attached hydrogen (secondary N) is 1. The topological polar surface area (TPSA) is 113 Å². The van der Waals surface area contributed by atoms with Crippen LogP contribution in [0.3, 0.4) is 0 Å². The molecule has 27 heavy (non-hydrogen) atoms. The molecule has 1 aliphatic rings. The van der Waals surface area contributed by atoms with Crippen molar-refractivity contribution in [3.8, 4) is 5.75 Å². The Morgan fingerprint density at radius 2 is 1.89 bits per heavy atom. The highest BCUT2D eigenvalue weighted by Gasteiger charge is 2.22. The standard InChI is InChI=1S/C19H20N2O6/c1-12(2)14-5-3-13(4-8-18(24)25)11-15(14)27-19(26)20-9-10-21-16(22)6-7-17(21)23/h3-8,11-12H,9-10H2,1-2H3,(H,20,26)(H,24,25)/b8-4+. The van der Waals surface area contributed by atoms with Crippen LogP contribution in [0.25, 0.3) is 6.08 Å². The van der Waals surface area contributed by atoms with Gasteiger partial charge in [-0.3, -0.25) is 14.5 Å². The van der Waals surface area contributed by atoms with E-state index in [4.69, 9.17) is 9.84 Å². The van der Waals surface area contributed by atoms with Crippen LogP contribution < -0.4 is 10.1 Å². The van der Waals surface area contributed by atoms with Crippen LogP contribution in [0.4, 0.5) is 4.79 Å². The first-order chi connectivity index (χ1) is 12.8. The molecule has 142 valence electrons. The van der Waals surface area contributed by atoms with E-state index in [1.165, 1.54) is 18.2 Å². The summed E-state index contributed by atoms with van der Waals surface area (Å²) in [7, 11) is 0. The lowest BCUT2D eigenvalue weighted by atomic mass is 10.00. The molecule has 1 aliphatic heterocycles. The molecule has 0 fully saturated rings. The highest BCUT2D eigenvalue weighted by Crippen LogP contribution is 2.28. The van der Waals surface area contributed by atoms with Crippen molar-refractivity contribution in [1.29, 1.82) is 0 Å². The molecule has 1 aromatic rings. The monoisotopic (exact) mass is 372 g/mol. The second-order valence-corrected chi connectivity index (χ2v) is 6.10. The van der Waals surface area contributed by atoms with Gasteiger partial charge in [-0.1, -0.05) is 26.0 Å². The normalized spacial score (nSPS) is 13.7. The van der Waals surface area contributed by atoms with Crippen molar-refractivity contribution in [3.05, 3.63) is 47.6 Å². The molecule has 0 saturated carbocycles. The van der Waals surface area contributed by atoms with Crippen LogP contribution in [0.2, 0.25) is 0 Å². The molecule has 0 aromatic heterocycles. The molecule has 0 saturated heterocycles. The van der Waals surface area contributed by atoms with Crippen molar-refractivity contribution >= 4 is 30.0 Å². The first-order valence-corrected chi connectivity index (χ1v) is 8.32. The predicted molar refractivity (Wildman–Crippen MR) is 97.1 cm³/mol. The van der Waals surface area contributed by atoms with Crippen molar-refractivity contribution in [1.82, 2.24) is 10.2 Å². The van der Waals surface area contributed by atoms with Crippen LogP contribution >= 0.6 is 0 Å². The van der Waals surface area contributed by atoms with E-state index < -0.39 is 23.9 Å². The quantitative estimate of drug-likeness (QED) is 0.558. The Kier molecular flexibility index (Phi) is 6.48. The molecule has 3 amide bonds. The summed E-state index contributed by atoms with van der Waals surface area (Å²) in [6, 6.07) is 5.07. The number of nitrogens with zero attached hydrogens (tertiary/aromatic N) is 1. The lowest BCUT2D eigenvalue weighted by Crippen LogP contribution is -2.39. The van der Waals surface area contributed by atoms with Crippen LogP contribution in [0.15, 0.2) is 36.4 Å². The summed E-state index contributed by atoms with van der Waals surface area (Å²) in [6.45, 7) is 3.96. The molecular weight excluding hydrogens is 352 g/mol. The van der Waals surface area contributed by atoms with Gasteiger partial charge in [0.15, 0.2) is 0 Å². The number of carbonyl (C=O) groups is 4. The van der Waals surface area contributed by atoms with E-state index in [2.05, 4.69) is 5.32 Å². The molecule has 8 heteroatoms. The smallest absolute Gasteiger partial charge is 0.412 e. The van der Waals surface area contributed by atoms with E-state index >= 15 is 0 Å². The zero-order valence-corrected chi connectivity index (χ0v) is 15.0. The highest BCUT2D eigenvalue weighted by atomic mass is 16.6. The number of hydrogen-bond acceptors (Lipinski definition) is 5.